The highest BCUT2D eigenvalue weighted by atomic mass is 79.9. The minimum Gasteiger partial charge on any atom is -0.346 e. The van der Waals surface area contributed by atoms with E-state index in [9.17, 15) is 4.39 Å². The van der Waals surface area contributed by atoms with Gasteiger partial charge in [0.25, 0.3) is 0 Å². The Kier molecular flexibility index (Phi) is 2.05. The van der Waals surface area contributed by atoms with Crippen LogP contribution >= 0.6 is 15.9 Å². The maximum Gasteiger partial charge on any atom is 0.237 e. The van der Waals surface area contributed by atoms with Gasteiger partial charge >= 0.3 is 0 Å². The molecule has 1 heterocycles. The number of halogens is 2. The molecule has 0 aromatic carbocycles. The second kappa shape index (κ2) is 2.59. The van der Waals surface area contributed by atoms with Crippen LogP contribution in [0.3, 0.4) is 0 Å². The lowest BCUT2D eigenvalue weighted by molar-refractivity contribution is 0.376. The lowest BCUT2D eigenvalue weighted by Crippen LogP contribution is -2.13. The summed E-state index contributed by atoms with van der Waals surface area (Å²) in [4.78, 5) is 0. The smallest absolute Gasteiger partial charge is 0.237 e. The molecule has 11 heavy (non-hydrogen) atoms. The molecule has 1 aromatic rings. The molecule has 0 spiro atoms. The first-order chi connectivity index (χ1) is 4.93. The molecule has 0 unspecified atom stereocenters. The molecule has 0 atom stereocenters. The molecular weight excluding hydrogens is 213 g/mol. The van der Waals surface area contributed by atoms with E-state index in [1.165, 1.54) is 0 Å². The van der Waals surface area contributed by atoms with Crippen LogP contribution in [-0.2, 0) is 5.41 Å². The average molecular weight is 222 g/mol. The second-order valence-corrected chi connectivity index (χ2v) is 4.09. The van der Waals surface area contributed by atoms with Gasteiger partial charge in [0.2, 0.25) is 10.5 Å². The summed E-state index contributed by atoms with van der Waals surface area (Å²) in [6.45, 7) is 5.63. The van der Waals surface area contributed by atoms with Crippen molar-refractivity contribution >= 4 is 15.9 Å². The standard InChI is InChI=1S/C7H9BrFNO/c1-7(2,3)5-4(9)6(8)11-10-5/h1-3H3. The Morgan fingerprint density at radius 2 is 2.00 bits per heavy atom. The molecule has 0 aliphatic heterocycles. The lowest BCUT2D eigenvalue weighted by Gasteiger charge is -2.12. The van der Waals surface area contributed by atoms with Crippen LogP contribution < -0.4 is 0 Å². The molecule has 4 heteroatoms. The van der Waals surface area contributed by atoms with Crippen molar-refractivity contribution in [3.8, 4) is 0 Å². The molecule has 2 nitrogen and oxygen atoms in total. The Labute approximate surface area is 72.9 Å². The van der Waals surface area contributed by atoms with Crippen molar-refractivity contribution in [1.29, 1.82) is 0 Å². The van der Waals surface area contributed by atoms with Gasteiger partial charge in [-0.1, -0.05) is 25.9 Å². The highest BCUT2D eigenvalue weighted by Gasteiger charge is 2.25. The van der Waals surface area contributed by atoms with Crippen LogP contribution in [0.2, 0.25) is 0 Å². The fourth-order valence-electron chi connectivity index (χ4n) is 0.725. The normalized spacial score (nSPS) is 12.1. The summed E-state index contributed by atoms with van der Waals surface area (Å²) in [5.41, 5.74) is 0.0453. The van der Waals surface area contributed by atoms with E-state index in [0.717, 1.165) is 0 Å². The van der Waals surface area contributed by atoms with Gasteiger partial charge < -0.3 is 4.52 Å². The van der Waals surface area contributed by atoms with Crippen LogP contribution in [0.25, 0.3) is 0 Å². The minimum absolute atomic E-state index is 0.0717. The maximum absolute atomic E-state index is 13.1. The number of rotatable bonds is 0. The second-order valence-electron chi connectivity index (χ2n) is 3.37. The molecule has 1 rings (SSSR count). The monoisotopic (exact) mass is 221 g/mol. The molecule has 0 fully saturated rings. The number of hydrogen-bond acceptors (Lipinski definition) is 2. The molecule has 0 aliphatic carbocycles. The Bertz CT molecular complexity index is 264. The van der Waals surface area contributed by atoms with Crippen molar-refractivity contribution in [2.75, 3.05) is 0 Å². The van der Waals surface area contributed by atoms with Gasteiger partial charge in [-0.15, -0.1) is 0 Å². The van der Waals surface area contributed by atoms with E-state index in [1.54, 1.807) is 0 Å². The van der Waals surface area contributed by atoms with Gasteiger partial charge in [0, 0.05) is 5.41 Å². The predicted octanol–water partition coefficient (Wildman–Crippen LogP) is 2.87. The third kappa shape index (κ3) is 1.61. The summed E-state index contributed by atoms with van der Waals surface area (Å²) in [7, 11) is 0. The summed E-state index contributed by atoms with van der Waals surface area (Å²) in [6, 6.07) is 0. The van der Waals surface area contributed by atoms with Gasteiger partial charge in [-0.2, -0.15) is 4.39 Å². The van der Waals surface area contributed by atoms with Gasteiger partial charge in [0.05, 0.1) is 0 Å². The Balaban J connectivity index is 3.15. The third-order valence-corrected chi connectivity index (χ3v) is 1.80. The Hall–Kier alpha value is -0.380. The van der Waals surface area contributed by atoms with Gasteiger partial charge in [-0.3, -0.25) is 0 Å². The first kappa shape index (κ1) is 8.71. The molecule has 0 bridgehead atoms. The summed E-state index contributed by atoms with van der Waals surface area (Å²) in [5.74, 6) is -0.405. The van der Waals surface area contributed by atoms with E-state index in [0.29, 0.717) is 5.69 Å². The van der Waals surface area contributed by atoms with Crippen LogP contribution in [0.5, 0.6) is 0 Å². The van der Waals surface area contributed by atoms with Crippen molar-refractivity contribution in [2.24, 2.45) is 0 Å². The summed E-state index contributed by atoms with van der Waals surface area (Å²) < 4.78 is 17.7. The van der Waals surface area contributed by atoms with Crippen molar-refractivity contribution in [2.45, 2.75) is 26.2 Å². The molecule has 62 valence electrons. The molecule has 1 aromatic heterocycles. The van der Waals surface area contributed by atoms with Crippen LogP contribution in [0.1, 0.15) is 26.5 Å². The first-order valence-electron chi connectivity index (χ1n) is 3.24. The number of nitrogens with zero attached hydrogens (tertiary/aromatic N) is 1. The zero-order valence-corrected chi connectivity index (χ0v) is 8.20. The highest BCUT2D eigenvalue weighted by Crippen LogP contribution is 2.27. The van der Waals surface area contributed by atoms with Crippen molar-refractivity contribution in [3.05, 3.63) is 16.2 Å². The SMILES string of the molecule is CC(C)(C)c1noc(Br)c1F. The Morgan fingerprint density at radius 3 is 2.18 bits per heavy atom. The van der Waals surface area contributed by atoms with Gasteiger partial charge in [-0.05, 0) is 15.9 Å². The van der Waals surface area contributed by atoms with Crippen LogP contribution in [0.15, 0.2) is 9.19 Å². The van der Waals surface area contributed by atoms with Gasteiger partial charge in [-0.25, -0.2) is 0 Å². The summed E-state index contributed by atoms with van der Waals surface area (Å²) in [6.07, 6.45) is 0. The maximum atomic E-state index is 13.1. The molecule has 0 saturated heterocycles. The number of hydrogen-bond donors (Lipinski definition) is 0. The lowest BCUT2D eigenvalue weighted by atomic mass is 9.92. The zero-order chi connectivity index (χ0) is 8.65. The van der Waals surface area contributed by atoms with Crippen LogP contribution in [0.4, 0.5) is 4.39 Å². The molecule has 0 aliphatic rings. The third-order valence-electron chi connectivity index (χ3n) is 1.31. The van der Waals surface area contributed by atoms with Gasteiger partial charge in [0.15, 0.2) is 0 Å². The molecule has 0 radical (unpaired) electrons. The van der Waals surface area contributed by atoms with Gasteiger partial charge in [0.1, 0.15) is 5.69 Å². The molecule has 0 amide bonds. The van der Waals surface area contributed by atoms with Crippen molar-refractivity contribution in [3.63, 3.8) is 0 Å². The average Bonchev–Trinajstić information content (AvgIpc) is 2.11. The van der Waals surface area contributed by atoms with E-state index in [2.05, 4.69) is 25.6 Å². The largest absolute Gasteiger partial charge is 0.346 e. The van der Waals surface area contributed by atoms with Crippen molar-refractivity contribution < 1.29 is 8.91 Å². The fourth-order valence-corrected chi connectivity index (χ4v) is 0.985. The first-order valence-corrected chi connectivity index (χ1v) is 4.03. The fraction of sp³-hybridized carbons (Fsp3) is 0.571. The molecule has 0 saturated carbocycles. The predicted molar refractivity (Wildman–Crippen MR) is 42.9 cm³/mol. The highest BCUT2D eigenvalue weighted by molar-refractivity contribution is 9.10. The van der Waals surface area contributed by atoms with Crippen LogP contribution in [0, 0.1) is 5.82 Å². The summed E-state index contributed by atoms with van der Waals surface area (Å²) >= 11 is 2.90. The Morgan fingerprint density at radius 1 is 1.45 bits per heavy atom. The zero-order valence-electron chi connectivity index (χ0n) is 6.61. The van der Waals surface area contributed by atoms with E-state index >= 15 is 0 Å². The van der Waals surface area contributed by atoms with E-state index in [4.69, 9.17) is 0 Å². The van der Waals surface area contributed by atoms with Crippen LogP contribution in [-0.4, -0.2) is 5.16 Å². The number of aromatic nitrogens is 1. The van der Waals surface area contributed by atoms with E-state index in [-0.39, 0.29) is 10.1 Å². The molecule has 0 N–H and O–H groups in total. The quantitative estimate of drug-likeness (QED) is 0.674. The minimum atomic E-state index is -0.405. The van der Waals surface area contributed by atoms with E-state index in [1.807, 2.05) is 20.8 Å². The topological polar surface area (TPSA) is 26.0 Å². The summed E-state index contributed by atoms with van der Waals surface area (Å²) in [5, 5.41) is 3.59. The van der Waals surface area contributed by atoms with Crippen molar-refractivity contribution in [1.82, 2.24) is 5.16 Å². The van der Waals surface area contributed by atoms with E-state index < -0.39 is 5.82 Å². The molecular formula is C7H9BrFNO.